The molecule has 4 aromatic heterocycles. The molecule has 1 aromatic carbocycles. The number of nitrogens with one attached hydrogen (secondary N) is 4. The van der Waals surface area contributed by atoms with Crippen LogP contribution >= 0.6 is 0 Å². The van der Waals surface area contributed by atoms with Crippen molar-refractivity contribution >= 4 is 34.7 Å². The maximum atomic E-state index is 14.9. The number of allylic oxidation sites excluding steroid dienone is 4. The Bertz CT molecular complexity index is 4170. The zero-order chi connectivity index (χ0) is 72.7. The van der Waals surface area contributed by atoms with Gasteiger partial charge in [-0.1, -0.05) is 153 Å². The number of carbonyl (C=O) groups excluding carboxylic acids is 1. The van der Waals surface area contributed by atoms with Crippen LogP contribution in [0.4, 0.5) is 11.6 Å². The molecule has 0 spiro atoms. The third kappa shape index (κ3) is 11.3. The largest absolute Gasteiger partial charge is 0.481 e. The first kappa shape index (κ1) is 75.9. The summed E-state index contributed by atoms with van der Waals surface area (Å²) >= 11 is 0. The first-order valence-corrected chi connectivity index (χ1v) is 40.2. The number of nitrogens with two attached hydrogens (primary N) is 2. The van der Waals surface area contributed by atoms with Gasteiger partial charge in [0.15, 0.2) is 0 Å². The van der Waals surface area contributed by atoms with Crippen LogP contribution in [0.1, 0.15) is 265 Å². The number of esters is 1. The van der Waals surface area contributed by atoms with Gasteiger partial charge in [-0.05, 0) is 233 Å². The molecule has 16 nitrogen and oxygen atoms in total. The van der Waals surface area contributed by atoms with E-state index in [4.69, 9.17) is 25.7 Å². The highest BCUT2D eigenvalue weighted by atomic mass is 16.5. The number of benzene rings is 1. The van der Waals surface area contributed by atoms with E-state index < -0.39 is 16.8 Å². The molecule has 12 aliphatic rings. The zero-order valence-electron chi connectivity index (χ0n) is 65.1. The Labute approximate surface area is 628 Å². The van der Waals surface area contributed by atoms with Crippen molar-refractivity contribution in [2.75, 3.05) is 64.1 Å². The third-order valence-corrected chi connectivity index (χ3v) is 33.3. The Morgan fingerprint density at radius 1 is 0.543 bits per heavy atom. The van der Waals surface area contributed by atoms with Crippen LogP contribution in [-0.2, 0) is 67.2 Å². The Morgan fingerprint density at radius 3 is 1.39 bits per heavy atom. The van der Waals surface area contributed by atoms with Crippen molar-refractivity contribution in [1.82, 2.24) is 40.2 Å². The van der Waals surface area contributed by atoms with Gasteiger partial charge in [0.05, 0.1) is 37.3 Å². The summed E-state index contributed by atoms with van der Waals surface area (Å²) in [6.45, 7) is 44.1. The number of aromatic nitrogens is 6. The number of nitrogens with zero attached hydrogens (tertiary/aromatic N) is 4. The zero-order valence-corrected chi connectivity index (χ0v) is 65.1. The number of ether oxygens (including phenoxy) is 3. The van der Waals surface area contributed by atoms with Crippen molar-refractivity contribution in [2.45, 2.75) is 258 Å². The van der Waals surface area contributed by atoms with Crippen LogP contribution in [0, 0.1) is 89.7 Å². The molecule has 16 heteroatoms. The SMILES string of the molecule is C.C.CC1(C)CC[C@]2(C(=O)O)CC[C@]3(C)C(=C(c4c[nH]cc4CN4CCOCC4)CC4[C@@]5(C)Cc6c(N)n[nH]c6C(C)(C)[C@@H]5CC[C@]43C)[C@@H]2C1.CC1(C)CC[C@]2(C(=O)OCc3ccccc3)CC[C@]3(C)C(=C(c4c[nH]cc4CN4CCOCC4)CC4[C@@]5(C)Cc6c(N)n[nH]c6C(C)(C)[C@@H]5CC[C@]43C)[C@@H]2C1. The second kappa shape index (κ2) is 26.1. The lowest BCUT2D eigenvalue weighted by Crippen LogP contribution is -2.65. The number of nitrogen functional groups attached to an aromatic ring is 2. The third-order valence-electron chi connectivity index (χ3n) is 33.3. The standard InChI is InChI=1S/C47H65N5O3.C40H59N5O3.2CH4/c1-42(2)15-17-47(41(53)55-29-30-11-9-8-10-12-30)18-16-46(7)38(35(47)25-42)32(34-27-49-26-31(34)28-52-19-21-54-22-20-52)23-37-44(5)24-33-39(50-51-40(33)48)43(3,4)36(44)13-14-45(37,46)6;1-35(2)10-12-40(34(46)47)13-11-39(7)31(28(40)20-35)25(27-22-42-21-24(27)23-45-14-16-48-17-15-45)18-30-37(5)19-26-32(43-44-33(26)41)36(3,4)29(37)8-9-38(30,39)6;;/h8-12,26-27,35-37,49H,13-25,28-29H2,1-7H3,(H3,48,50,51);21-22,28-30,42H,8-20,23H2,1-7H3,(H,46,47)(H3,41,43,44);2*1H4/t35-,36-,37?,44-,45+,46+,47-;28-,29-,30?,37-,38+,39+,40-;;/m00../s1. The summed E-state index contributed by atoms with van der Waals surface area (Å²) in [4.78, 5) is 40.7. The fourth-order valence-corrected chi connectivity index (χ4v) is 27.3. The summed E-state index contributed by atoms with van der Waals surface area (Å²) in [7, 11) is 0. The number of morpholine rings is 2. The molecule has 105 heavy (non-hydrogen) atoms. The number of rotatable bonds is 10. The van der Waals surface area contributed by atoms with Gasteiger partial charge in [-0.25, -0.2) is 0 Å². The van der Waals surface area contributed by atoms with Crippen LogP contribution in [-0.4, -0.2) is 110 Å². The van der Waals surface area contributed by atoms with Crippen LogP contribution in [0.2, 0.25) is 0 Å². The molecule has 14 atom stereocenters. The lowest BCUT2D eigenvalue weighted by Gasteiger charge is -2.71. The molecule has 6 saturated carbocycles. The molecule has 2 saturated heterocycles. The van der Waals surface area contributed by atoms with Crippen molar-refractivity contribution in [3.05, 3.63) is 117 Å². The van der Waals surface area contributed by atoms with E-state index in [0.717, 1.165) is 168 Å². The van der Waals surface area contributed by atoms with E-state index in [0.29, 0.717) is 41.9 Å². The highest BCUT2D eigenvalue weighted by Gasteiger charge is 2.73. The summed E-state index contributed by atoms with van der Waals surface area (Å²) < 4.78 is 17.9. The molecule has 9 N–H and O–H groups in total. The predicted octanol–water partition coefficient (Wildman–Crippen LogP) is 18.1. The number of fused-ring (bicyclic) bond motifs is 16. The number of carbonyl (C=O) groups is 2. The predicted molar refractivity (Wildman–Crippen MR) is 420 cm³/mol. The lowest BCUT2D eigenvalue weighted by atomic mass is 9.32. The van der Waals surface area contributed by atoms with E-state index >= 15 is 0 Å². The topological polar surface area (TPSA) is 230 Å². The lowest BCUT2D eigenvalue weighted by molar-refractivity contribution is -0.181. The summed E-state index contributed by atoms with van der Waals surface area (Å²) in [5.74, 6) is 2.81. The van der Waals surface area contributed by atoms with Gasteiger partial charge in [0.25, 0.3) is 0 Å². The maximum absolute atomic E-state index is 14.9. The van der Waals surface area contributed by atoms with Gasteiger partial charge >= 0.3 is 11.9 Å². The fourth-order valence-electron chi connectivity index (χ4n) is 27.3. The Balaban J connectivity index is 0.000000175. The second-order valence-electron chi connectivity index (χ2n) is 39.8. The molecule has 6 heterocycles. The molecule has 17 rings (SSSR count). The van der Waals surface area contributed by atoms with Crippen LogP contribution in [0.5, 0.6) is 0 Å². The second-order valence-corrected chi connectivity index (χ2v) is 39.8. The van der Waals surface area contributed by atoms with E-state index in [1.165, 1.54) is 80.8 Å². The van der Waals surface area contributed by atoms with Crippen LogP contribution in [0.3, 0.4) is 0 Å². The van der Waals surface area contributed by atoms with Crippen molar-refractivity contribution in [1.29, 1.82) is 0 Å². The summed E-state index contributed by atoms with van der Waals surface area (Å²) in [5, 5.41) is 27.1. The van der Waals surface area contributed by atoms with Crippen molar-refractivity contribution in [2.24, 2.45) is 89.7 Å². The minimum Gasteiger partial charge on any atom is -0.481 e. The minimum absolute atomic E-state index is 0. The monoisotopic (exact) mass is 1440 g/mol. The number of carboxylic acids is 1. The van der Waals surface area contributed by atoms with Crippen molar-refractivity contribution < 1.29 is 28.9 Å². The number of aromatic amines is 4. The number of carboxylic acid groups (broad SMARTS) is 1. The summed E-state index contributed by atoms with van der Waals surface area (Å²) in [6.07, 6.45) is 26.9. The Kier molecular flexibility index (Phi) is 18.9. The average Bonchev–Trinajstić information content (AvgIpc) is 1.31. The molecule has 0 amide bonds. The van der Waals surface area contributed by atoms with E-state index in [9.17, 15) is 14.7 Å². The van der Waals surface area contributed by atoms with Gasteiger partial charge in [-0.3, -0.25) is 29.6 Å². The van der Waals surface area contributed by atoms with E-state index in [1.54, 1.807) is 5.57 Å². The van der Waals surface area contributed by atoms with Gasteiger partial charge in [0.1, 0.15) is 18.2 Å². The molecule has 8 fully saturated rings. The number of hydrogen-bond donors (Lipinski definition) is 7. The first-order valence-electron chi connectivity index (χ1n) is 40.2. The fraction of sp³-hybridized carbons (Fsp3) is 0.708. The van der Waals surface area contributed by atoms with E-state index in [2.05, 4.69) is 174 Å². The van der Waals surface area contributed by atoms with Gasteiger partial charge in [-0.15, -0.1) is 0 Å². The minimum atomic E-state index is -0.687. The van der Waals surface area contributed by atoms with Crippen molar-refractivity contribution in [3.63, 3.8) is 0 Å². The Morgan fingerprint density at radius 2 is 0.952 bits per heavy atom. The Hall–Kier alpha value is -5.94. The summed E-state index contributed by atoms with van der Waals surface area (Å²) in [6, 6.07) is 10.2. The first-order chi connectivity index (χ1) is 48.7. The smallest absolute Gasteiger partial charge is 0.313 e. The molecule has 2 unspecified atom stereocenters. The summed E-state index contributed by atoms with van der Waals surface area (Å²) in [5.41, 5.74) is 29.7. The molecule has 2 aliphatic heterocycles. The molecule has 10 aliphatic carbocycles. The molecule has 0 bridgehead atoms. The highest BCUT2D eigenvalue weighted by molar-refractivity contribution is 5.83. The normalized spacial score (nSPS) is 37.5. The number of aliphatic carboxylic acids is 1. The van der Waals surface area contributed by atoms with Crippen LogP contribution in [0.25, 0.3) is 11.1 Å². The van der Waals surface area contributed by atoms with Crippen LogP contribution in [0.15, 0.2) is 66.3 Å². The molecular weight excluding hydrogens is 1310 g/mol. The van der Waals surface area contributed by atoms with Crippen LogP contribution < -0.4 is 11.5 Å². The van der Waals surface area contributed by atoms with Crippen molar-refractivity contribution in [3.8, 4) is 0 Å². The number of anilines is 2. The van der Waals surface area contributed by atoms with Gasteiger partial charge in [-0.2, -0.15) is 10.2 Å². The van der Waals surface area contributed by atoms with E-state index in [-0.39, 0.29) is 86.8 Å². The number of H-pyrrole nitrogens is 4. The molecule has 574 valence electrons. The highest BCUT2D eigenvalue weighted by Crippen LogP contribution is 2.80. The molecule has 5 aromatic rings. The molecule has 0 radical (unpaired) electrons. The maximum Gasteiger partial charge on any atom is 0.313 e. The van der Waals surface area contributed by atoms with E-state index in [1.807, 2.05) is 18.2 Å². The average molecular weight is 1440 g/mol. The van der Waals surface area contributed by atoms with Gasteiger partial charge < -0.3 is 40.8 Å². The van der Waals surface area contributed by atoms with Gasteiger partial charge in [0, 0.05) is 97.4 Å². The van der Waals surface area contributed by atoms with Gasteiger partial charge in [0.2, 0.25) is 0 Å². The quantitative estimate of drug-likeness (QED) is 0.0648. The molecular formula is C89H132N10O6. The number of hydrogen-bond acceptors (Lipinski definition) is 11.